The molecule has 0 atom stereocenters. The Morgan fingerprint density at radius 3 is 2.87 bits per heavy atom. The minimum Gasteiger partial charge on any atom is -0.476 e. The molecule has 0 spiro atoms. The molecule has 1 fully saturated rings. The van der Waals surface area contributed by atoms with Gasteiger partial charge >= 0.3 is 5.97 Å². The number of hydrogen-bond acceptors (Lipinski definition) is 3. The number of carboxylic acids is 1. The van der Waals surface area contributed by atoms with Crippen molar-refractivity contribution in [3.8, 4) is 0 Å². The molecule has 0 aliphatic heterocycles. The third kappa shape index (κ3) is 2.00. The zero-order valence-electron chi connectivity index (χ0n) is 8.81. The number of nitrogens with zero attached hydrogens (tertiary/aromatic N) is 3. The van der Waals surface area contributed by atoms with E-state index in [-0.39, 0.29) is 5.69 Å². The largest absolute Gasteiger partial charge is 0.476 e. The van der Waals surface area contributed by atoms with Crippen molar-refractivity contribution in [1.82, 2.24) is 15.0 Å². The van der Waals surface area contributed by atoms with E-state index in [2.05, 4.69) is 17.2 Å². The second-order valence-corrected chi connectivity index (χ2v) is 3.98. The molecule has 15 heavy (non-hydrogen) atoms. The van der Waals surface area contributed by atoms with Crippen LogP contribution in [-0.2, 0) is 6.54 Å². The van der Waals surface area contributed by atoms with Gasteiger partial charge in [0.1, 0.15) is 0 Å². The van der Waals surface area contributed by atoms with Crippen LogP contribution < -0.4 is 0 Å². The second-order valence-electron chi connectivity index (χ2n) is 3.98. The highest BCUT2D eigenvalue weighted by molar-refractivity contribution is 5.86. The lowest BCUT2D eigenvalue weighted by molar-refractivity contribution is 0.0689. The molecule has 0 bridgehead atoms. The van der Waals surface area contributed by atoms with Crippen LogP contribution in [0.4, 0.5) is 0 Å². The molecule has 0 unspecified atom stereocenters. The van der Waals surface area contributed by atoms with Crippen molar-refractivity contribution in [3.63, 3.8) is 0 Å². The zero-order valence-corrected chi connectivity index (χ0v) is 8.81. The van der Waals surface area contributed by atoms with E-state index in [0.29, 0.717) is 5.92 Å². The Morgan fingerprint density at radius 1 is 1.60 bits per heavy atom. The van der Waals surface area contributed by atoms with E-state index in [1.165, 1.54) is 0 Å². The molecule has 1 aliphatic carbocycles. The molecule has 82 valence electrons. The molecule has 1 aromatic rings. The molecule has 0 aromatic carbocycles. The van der Waals surface area contributed by atoms with E-state index in [1.807, 2.05) is 0 Å². The molecule has 2 rings (SSSR count). The molecular weight excluding hydrogens is 194 g/mol. The molecule has 1 aliphatic rings. The normalized spacial score (nSPS) is 15.5. The van der Waals surface area contributed by atoms with Crippen LogP contribution in [0.3, 0.4) is 0 Å². The maximum atomic E-state index is 10.9. The summed E-state index contributed by atoms with van der Waals surface area (Å²) in [5.41, 5.74) is 0.976. The Morgan fingerprint density at radius 2 is 2.33 bits per heavy atom. The quantitative estimate of drug-likeness (QED) is 0.800. The number of rotatable bonds is 5. The van der Waals surface area contributed by atoms with Gasteiger partial charge in [-0.2, -0.15) is 0 Å². The monoisotopic (exact) mass is 209 g/mol. The van der Waals surface area contributed by atoms with Crippen LogP contribution in [0.25, 0.3) is 0 Å². The maximum absolute atomic E-state index is 10.9. The van der Waals surface area contributed by atoms with Gasteiger partial charge in [-0.3, -0.25) is 0 Å². The molecule has 1 heterocycles. The molecule has 0 amide bonds. The number of aromatic carboxylic acids is 1. The molecule has 1 aromatic heterocycles. The maximum Gasteiger partial charge on any atom is 0.358 e. The topological polar surface area (TPSA) is 68.0 Å². The average molecular weight is 209 g/mol. The molecule has 5 nitrogen and oxygen atoms in total. The predicted molar refractivity (Wildman–Crippen MR) is 53.9 cm³/mol. The smallest absolute Gasteiger partial charge is 0.358 e. The fourth-order valence-electron chi connectivity index (χ4n) is 1.71. The van der Waals surface area contributed by atoms with Crippen LogP contribution in [0.5, 0.6) is 0 Å². The fraction of sp³-hybridized carbons (Fsp3) is 0.700. The zero-order chi connectivity index (χ0) is 10.8. The third-order valence-corrected chi connectivity index (χ3v) is 2.66. The van der Waals surface area contributed by atoms with Crippen molar-refractivity contribution in [2.24, 2.45) is 0 Å². The molecular formula is C10H15N3O2. The van der Waals surface area contributed by atoms with Crippen molar-refractivity contribution in [1.29, 1.82) is 0 Å². The van der Waals surface area contributed by atoms with E-state index in [1.54, 1.807) is 4.68 Å². The summed E-state index contributed by atoms with van der Waals surface area (Å²) in [5, 5.41) is 16.6. The summed E-state index contributed by atoms with van der Waals surface area (Å²) in [5.74, 6) is -0.581. The number of hydrogen-bond donors (Lipinski definition) is 1. The van der Waals surface area contributed by atoms with E-state index in [0.717, 1.165) is 37.9 Å². The molecule has 0 saturated heterocycles. The van der Waals surface area contributed by atoms with Crippen LogP contribution in [0.1, 0.15) is 54.7 Å². The summed E-state index contributed by atoms with van der Waals surface area (Å²) in [6, 6.07) is 0. The average Bonchev–Trinajstić information content (AvgIpc) is 2.95. The van der Waals surface area contributed by atoms with Gasteiger partial charge in [0.05, 0.1) is 5.69 Å². The van der Waals surface area contributed by atoms with E-state index < -0.39 is 5.97 Å². The van der Waals surface area contributed by atoms with Gasteiger partial charge in [0.2, 0.25) is 0 Å². The summed E-state index contributed by atoms with van der Waals surface area (Å²) in [6.07, 6.45) is 4.23. The molecule has 0 radical (unpaired) electrons. The molecule has 1 N–H and O–H groups in total. The first-order valence-electron chi connectivity index (χ1n) is 5.40. The summed E-state index contributed by atoms with van der Waals surface area (Å²) in [6.45, 7) is 2.88. The molecule has 5 heteroatoms. The van der Waals surface area contributed by atoms with Crippen LogP contribution in [0, 0.1) is 0 Å². The van der Waals surface area contributed by atoms with Crippen molar-refractivity contribution in [2.75, 3.05) is 0 Å². The number of aryl methyl sites for hydroxylation is 1. The van der Waals surface area contributed by atoms with E-state index in [4.69, 9.17) is 5.11 Å². The van der Waals surface area contributed by atoms with Crippen molar-refractivity contribution in [2.45, 2.75) is 45.1 Å². The van der Waals surface area contributed by atoms with Crippen molar-refractivity contribution in [3.05, 3.63) is 11.4 Å². The van der Waals surface area contributed by atoms with Crippen molar-refractivity contribution >= 4 is 5.97 Å². The predicted octanol–water partition coefficient (Wildman–Crippen LogP) is 1.65. The van der Waals surface area contributed by atoms with Gasteiger partial charge in [0, 0.05) is 12.5 Å². The Bertz CT molecular complexity index is 369. The SMILES string of the molecule is CCCCn1nnc(C(=O)O)c1C1CC1. The van der Waals surface area contributed by atoms with Gasteiger partial charge in [-0.15, -0.1) is 5.10 Å². The highest BCUT2D eigenvalue weighted by Crippen LogP contribution is 2.41. The summed E-state index contributed by atoms with van der Waals surface area (Å²) in [7, 11) is 0. The Balaban J connectivity index is 2.25. The number of carbonyl (C=O) groups is 1. The summed E-state index contributed by atoms with van der Waals surface area (Å²) < 4.78 is 1.77. The first-order valence-corrected chi connectivity index (χ1v) is 5.40. The van der Waals surface area contributed by atoms with Gasteiger partial charge in [-0.1, -0.05) is 18.6 Å². The standard InChI is InChI=1S/C10H15N3O2/c1-2-3-6-13-9(7-4-5-7)8(10(14)15)11-12-13/h7H,2-6H2,1H3,(H,14,15). The summed E-state index contributed by atoms with van der Waals surface area (Å²) >= 11 is 0. The Labute approximate surface area is 88.1 Å². The minimum atomic E-state index is -0.959. The number of unbranched alkanes of at least 4 members (excludes halogenated alkanes) is 1. The Kier molecular flexibility index (Phi) is 2.70. The van der Waals surface area contributed by atoms with Gasteiger partial charge in [0.15, 0.2) is 5.69 Å². The van der Waals surface area contributed by atoms with Crippen LogP contribution in [0.15, 0.2) is 0 Å². The fourth-order valence-corrected chi connectivity index (χ4v) is 1.71. The number of aromatic nitrogens is 3. The molecule has 1 saturated carbocycles. The van der Waals surface area contributed by atoms with Crippen LogP contribution in [0.2, 0.25) is 0 Å². The first kappa shape index (κ1) is 10.1. The minimum absolute atomic E-state index is 0.147. The number of carboxylic acid groups (broad SMARTS) is 1. The van der Waals surface area contributed by atoms with Gasteiger partial charge in [0.25, 0.3) is 0 Å². The van der Waals surface area contributed by atoms with Crippen molar-refractivity contribution < 1.29 is 9.90 Å². The van der Waals surface area contributed by atoms with Gasteiger partial charge in [-0.05, 0) is 19.3 Å². The summed E-state index contributed by atoms with van der Waals surface area (Å²) in [4.78, 5) is 10.9. The Hall–Kier alpha value is -1.39. The second kappa shape index (κ2) is 4.00. The third-order valence-electron chi connectivity index (χ3n) is 2.66. The van der Waals surface area contributed by atoms with E-state index >= 15 is 0 Å². The van der Waals surface area contributed by atoms with Gasteiger partial charge < -0.3 is 5.11 Å². The first-order chi connectivity index (χ1) is 7.24. The van der Waals surface area contributed by atoms with Crippen LogP contribution >= 0.6 is 0 Å². The highest BCUT2D eigenvalue weighted by atomic mass is 16.4. The lowest BCUT2D eigenvalue weighted by Gasteiger charge is -2.04. The highest BCUT2D eigenvalue weighted by Gasteiger charge is 2.33. The lowest BCUT2D eigenvalue weighted by Crippen LogP contribution is -2.07. The van der Waals surface area contributed by atoms with Gasteiger partial charge in [-0.25, -0.2) is 9.48 Å². The lowest BCUT2D eigenvalue weighted by atomic mass is 10.2. The van der Waals surface area contributed by atoms with Crippen LogP contribution in [-0.4, -0.2) is 26.1 Å². The van der Waals surface area contributed by atoms with E-state index in [9.17, 15) is 4.79 Å².